The van der Waals surface area contributed by atoms with Crippen molar-refractivity contribution in [1.29, 1.82) is 0 Å². The SMILES string of the molecule is Cc1ccc(C(=O)NCC2COc3ccccc3C2)cn1. The van der Waals surface area contributed by atoms with Gasteiger partial charge in [0.15, 0.2) is 0 Å². The Bertz CT molecular complexity index is 637. The summed E-state index contributed by atoms with van der Waals surface area (Å²) in [5, 5.41) is 2.96. The fourth-order valence-electron chi connectivity index (χ4n) is 2.46. The molecule has 0 radical (unpaired) electrons. The standard InChI is InChI=1S/C17H18N2O2/c1-12-6-7-15(10-18-12)17(20)19-9-13-8-14-4-2-3-5-16(14)21-11-13/h2-7,10,13H,8-9,11H2,1H3,(H,19,20). The second kappa shape index (κ2) is 5.95. The van der Waals surface area contributed by atoms with Gasteiger partial charge in [0.1, 0.15) is 5.75 Å². The summed E-state index contributed by atoms with van der Waals surface area (Å²) in [6, 6.07) is 11.7. The minimum absolute atomic E-state index is 0.0821. The number of amides is 1. The Balaban J connectivity index is 1.56. The number of nitrogens with one attached hydrogen (secondary N) is 1. The van der Waals surface area contributed by atoms with Crippen LogP contribution in [-0.2, 0) is 6.42 Å². The molecule has 0 fully saturated rings. The average Bonchev–Trinajstić information content (AvgIpc) is 2.53. The molecule has 1 atom stereocenters. The number of aryl methyl sites for hydroxylation is 1. The lowest BCUT2D eigenvalue weighted by Gasteiger charge is -2.25. The lowest BCUT2D eigenvalue weighted by Crippen LogP contribution is -2.34. The lowest BCUT2D eigenvalue weighted by molar-refractivity contribution is 0.0938. The number of carbonyl (C=O) groups excluding carboxylic acids is 1. The third kappa shape index (κ3) is 3.21. The molecule has 2 heterocycles. The number of carbonyl (C=O) groups is 1. The average molecular weight is 282 g/mol. The van der Waals surface area contributed by atoms with Crippen molar-refractivity contribution < 1.29 is 9.53 Å². The van der Waals surface area contributed by atoms with Crippen LogP contribution < -0.4 is 10.1 Å². The molecule has 2 aromatic rings. The molecule has 0 spiro atoms. The van der Waals surface area contributed by atoms with Crippen LogP contribution in [0.4, 0.5) is 0 Å². The molecule has 1 amide bonds. The molecule has 3 rings (SSSR count). The molecule has 1 aromatic carbocycles. The molecular weight excluding hydrogens is 264 g/mol. The van der Waals surface area contributed by atoms with E-state index >= 15 is 0 Å². The van der Waals surface area contributed by atoms with E-state index in [1.165, 1.54) is 5.56 Å². The molecule has 108 valence electrons. The van der Waals surface area contributed by atoms with Gasteiger partial charge >= 0.3 is 0 Å². The number of hydrogen-bond donors (Lipinski definition) is 1. The highest BCUT2D eigenvalue weighted by molar-refractivity contribution is 5.93. The zero-order valence-corrected chi connectivity index (χ0v) is 12.0. The number of ether oxygens (including phenoxy) is 1. The molecule has 4 heteroatoms. The van der Waals surface area contributed by atoms with Crippen LogP contribution in [0.25, 0.3) is 0 Å². The van der Waals surface area contributed by atoms with E-state index in [2.05, 4.69) is 16.4 Å². The zero-order chi connectivity index (χ0) is 14.7. The van der Waals surface area contributed by atoms with Crippen LogP contribution in [0.2, 0.25) is 0 Å². The van der Waals surface area contributed by atoms with Crippen LogP contribution in [0.1, 0.15) is 21.6 Å². The molecule has 1 unspecified atom stereocenters. The van der Waals surface area contributed by atoms with Gasteiger partial charge < -0.3 is 10.1 Å². The van der Waals surface area contributed by atoms with Gasteiger partial charge in [-0.15, -0.1) is 0 Å². The van der Waals surface area contributed by atoms with Crippen molar-refractivity contribution >= 4 is 5.91 Å². The van der Waals surface area contributed by atoms with E-state index < -0.39 is 0 Å². The summed E-state index contributed by atoms with van der Waals surface area (Å²) in [6.07, 6.45) is 2.54. The third-order valence-electron chi connectivity index (χ3n) is 3.68. The largest absolute Gasteiger partial charge is 0.493 e. The second-order valence-corrected chi connectivity index (χ2v) is 5.39. The number of hydrogen-bond acceptors (Lipinski definition) is 3. The summed E-state index contributed by atoms with van der Waals surface area (Å²) in [4.78, 5) is 16.2. The number of nitrogens with zero attached hydrogens (tertiary/aromatic N) is 1. The summed E-state index contributed by atoms with van der Waals surface area (Å²) in [5.41, 5.74) is 2.71. The summed E-state index contributed by atoms with van der Waals surface area (Å²) in [6.45, 7) is 3.16. The number of para-hydroxylation sites is 1. The minimum atomic E-state index is -0.0821. The quantitative estimate of drug-likeness (QED) is 0.940. The first kappa shape index (κ1) is 13.6. The Morgan fingerprint density at radius 2 is 2.19 bits per heavy atom. The molecule has 0 saturated heterocycles. The summed E-state index contributed by atoms with van der Waals surface area (Å²) >= 11 is 0. The van der Waals surface area contributed by atoms with Crippen molar-refractivity contribution in [2.24, 2.45) is 5.92 Å². The van der Waals surface area contributed by atoms with E-state index in [9.17, 15) is 4.79 Å². The maximum Gasteiger partial charge on any atom is 0.252 e. The monoisotopic (exact) mass is 282 g/mol. The summed E-state index contributed by atoms with van der Waals surface area (Å²) in [7, 11) is 0. The Kier molecular flexibility index (Phi) is 3.86. The van der Waals surface area contributed by atoms with Crippen LogP contribution in [0.3, 0.4) is 0 Å². The Labute approximate surface area is 124 Å². The molecule has 0 bridgehead atoms. The molecule has 4 nitrogen and oxygen atoms in total. The van der Waals surface area contributed by atoms with Gasteiger partial charge in [-0.3, -0.25) is 9.78 Å². The first-order valence-corrected chi connectivity index (χ1v) is 7.14. The molecule has 0 aliphatic carbocycles. The Morgan fingerprint density at radius 3 is 3.00 bits per heavy atom. The Hall–Kier alpha value is -2.36. The normalized spacial score (nSPS) is 16.7. The zero-order valence-electron chi connectivity index (χ0n) is 12.0. The number of fused-ring (bicyclic) bond motifs is 1. The molecule has 1 aliphatic rings. The van der Waals surface area contributed by atoms with Gasteiger partial charge in [0, 0.05) is 24.4 Å². The van der Waals surface area contributed by atoms with E-state index in [0.717, 1.165) is 17.9 Å². The maximum absolute atomic E-state index is 12.1. The van der Waals surface area contributed by atoms with E-state index in [-0.39, 0.29) is 5.91 Å². The van der Waals surface area contributed by atoms with Gasteiger partial charge in [-0.1, -0.05) is 18.2 Å². The summed E-state index contributed by atoms with van der Waals surface area (Å²) < 4.78 is 5.73. The molecule has 1 N–H and O–H groups in total. The molecule has 1 aromatic heterocycles. The van der Waals surface area contributed by atoms with Gasteiger partial charge in [-0.2, -0.15) is 0 Å². The number of pyridine rings is 1. The number of benzene rings is 1. The van der Waals surface area contributed by atoms with Crippen LogP contribution in [-0.4, -0.2) is 24.0 Å². The van der Waals surface area contributed by atoms with Gasteiger partial charge in [-0.25, -0.2) is 0 Å². The third-order valence-corrected chi connectivity index (χ3v) is 3.68. The second-order valence-electron chi connectivity index (χ2n) is 5.39. The van der Waals surface area contributed by atoms with Crippen LogP contribution >= 0.6 is 0 Å². The molecule has 1 aliphatic heterocycles. The maximum atomic E-state index is 12.1. The fraction of sp³-hybridized carbons (Fsp3) is 0.294. The van der Waals surface area contributed by atoms with Crippen molar-refractivity contribution in [2.45, 2.75) is 13.3 Å². The topological polar surface area (TPSA) is 51.2 Å². The van der Waals surface area contributed by atoms with Gasteiger partial charge in [-0.05, 0) is 37.1 Å². The van der Waals surface area contributed by atoms with Crippen LogP contribution in [0.15, 0.2) is 42.6 Å². The first-order chi connectivity index (χ1) is 10.2. The van der Waals surface area contributed by atoms with Gasteiger partial charge in [0.25, 0.3) is 5.91 Å². The van der Waals surface area contributed by atoms with Crippen LogP contribution in [0, 0.1) is 12.8 Å². The van der Waals surface area contributed by atoms with Crippen molar-refractivity contribution in [2.75, 3.05) is 13.2 Å². The van der Waals surface area contributed by atoms with E-state index in [0.29, 0.717) is 24.6 Å². The van der Waals surface area contributed by atoms with E-state index in [1.54, 1.807) is 12.3 Å². The molecule has 21 heavy (non-hydrogen) atoms. The van der Waals surface area contributed by atoms with Crippen molar-refractivity contribution in [3.8, 4) is 5.75 Å². The minimum Gasteiger partial charge on any atom is -0.493 e. The molecular formula is C17H18N2O2. The van der Waals surface area contributed by atoms with Crippen molar-refractivity contribution in [3.63, 3.8) is 0 Å². The van der Waals surface area contributed by atoms with E-state index in [1.807, 2.05) is 31.2 Å². The van der Waals surface area contributed by atoms with Crippen molar-refractivity contribution in [1.82, 2.24) is 10.3 Å². The predicted octanol–water partition coefficient (Wildman–Crippen LogP) is 2.37. The Morgan fingerprint density at radius 1 is 1.33 bits per heavy atom. The molecule has 0 saturated carbocycles. The number of aromatic nitrogens is 1. The highest BCUT2D eigenvalue weighted by atomic mass is 16.5. The lowest BCUT2D eigenvalue weighted by atomic mass is 9.96. The predicted molar refractivity (Wildman–Crippen MR) is 80.4 cm³/mol. The van der Waals surface area contributed by atoms with Gasteiger partial charge in [0.2, 0.25) is 0 Å². The van der Waals surface area contributed by atoms with Gasteiger partial charge in [0.05, 0.1) is 12.2 Å². The first-order valence-electron chi connectivity index (χ1n) is 7.14. The van der Waals surface area contributed by atoms with E-state index in [4.69, 9.17) is 4.74 Å². The number of rotatable bonds is 3. The smallest absolute Gasteiger partial charge is 0.252 e. The highest BCUT2D eigenvalue weighted by Crippen LogP contribution is 2.26. The van der Waals surface area contributed by atoms with Crippen LogP contribution in [0.5, 0.6) is 5.75 Å². The van der Waals surface area contributed by atoms with Crippen molar-refractivity contribution in [3.05, 3.63) is 59.4 Å². The fourth-order valence-corrected chi connectivity index (χ4v) is 2.46. The summed E-state index contributed by atoms with van der Waals surface area (Å²) in [5.74, 6) is 1.19. The highest BCUT2D eigenvalue weighted by Gasteiger charge is 2.20.